The number of hydrogen-bond acceptors (Lipinski definition) is 3. The Labute approximate surface area is 142 Å². The van der Waals surface area contributed by atoms with E-state index in [2.05, 4.69) is 5.32 Å². The summed E-state index contributed by atoms with van der Waals surface area (Å²) in [4.78, 5) is 23.8. The first-order valence-corrected chi connectivity index (χ1v) is 7.47. The van der Waals surface area contributed by atoms with Crippen molar-refractivity contribution in [2.75, 3.05) is 0 Å². The van der Waals surface area contributed by atoms with Gasteiger partial charge in [0, 0.05) is 6.54 Å². The highest BCUT2D eigenvalue weighted by atomic mass is 19.4. The number of alkyl halides is 3. The number of nitrogens with one attached hydrogen (secondary N) is 1. The summed E-state index contributed by atoms with van der Waals surface area (Å²) >= 11 is 0. The average Bonchev–Trinajstić information content (AvgIpc) is 2.59. The van der Waals surface area contributed by atoms with Crippen molar-refractivity contribution in [1.82, 2.24) is 5.32 Å². The summed E-state index contributed by atoms with van der Waals surface area (Å²) in [6, 6.07) is 12.8. The molecule has 0 aliphatic carbocycles. The van der Waals surface area contributed by atoms with Crippen LogP contribution in [0.4, 0.5) is 13.2 Å². The predicted octanol–water partition coefficient (Wildman–Crippen LogP) is 3.57. The van der Waals surface area contributed by atoms with Crippen LogP contribution in [0.5, 0.6) is 0 Å². The number of esters is 1. The highest BCUT2D eigenvalue weighted by Gasteiger charge is 2.30. The molecule has 2 rings (SSSR count). The maximum absolute atomic E-state index is 12.5. The van der Waals surface area contributed by atoms with Gasteiger partial charge in [0.2, 0.25) is 0 Å². The molecule has 1 amide bonds. The number of halogens is 3. The van der Waals surface area contributed by atoms with Crippen LogP contribution in [0.15, 0.2) is 54.6 Å². The van der Waals surface area contributed by atoms with Gasteiger partial charge >= 0.3 is 12.1 Å². The molecule has 0 radical (unpaired) electrons. The van der Waals surface area contributed by atoms with Gasteiger partial charge in [0.1, 0.15) is 0 Å². The quantitative estimate of drug-likeness (QED) is 0.838. The molecule has 132 valence electrons. The van der Waals surface area contributed by atoms with Crippen LogP contribution < -0.4 is 5.32 Å². The van der Waals surface area contributed by atoms with Gasteiger partial charge in [-0.3, -0.25) is 4.79 Å². The summed E-state index contributed by atoms with van der Waals surface area (Å²) in [5.41, 5.74) is -0.0365. The van der Waals surface area contributed by atoms with Gasteiger partial charge in [-0.25, -0.2) is 4.79 Å². The third kappa shape index (κ3) is 5.34. The Balaban J connectivity index is 1.89. The molecule has 7 heteroatoms. The van der Waals surface area contributed by atoms with Crippen LogP contribution in [0.25, 0.3) is 0 Å². The Hall–Kier alpha value is -2.83. The van der Waals surface area contributed by atoms with E-state index in [1.165, 1.54) is 6.92 Å². The zero-order chi connectivity index (χ0) is 18.4. The van der Waals surface area contributed by atoms with Crippen molar-refractivity contribution in [2.45, 2.75) is 25.7 Å². The predicted molar refractivity (Wildman–Crippen MR) is 84.6 cm³/mol. The van der Waals surface area contributed by atoms with E-state index in [0.29, 0.717) is 0 Å². The van der Waals surface area contributed by atoms with Crippen molar-refractivity contribution in [3.63, 3.8) is 0 Å². The number of carbonyl (C=O) groups excluding carboxylic acids is 2. The van der Waals surface area contributed by atoms with Gasteiger partial charge in [-0.1, -0.05) is 30.3 Å². The van der Waals surface area contributed by atoms with E-state index in [0.717, 1.165) is 29.8 Å². The third-order valence-electron chi connectivity index (χ3n) is 3.41. The largest absolute Gasteiger partial charge is 0.449 e. The minimum absolute atomic E-state index is 0.0595. The van der Waals surface area contributed by atoms with Gasteiger partial charge in [0.25, 0.3) is 5.91 Å². The van der Waals surface area contributed by atoms with Crippen molar-refractivity contribution in [3.05, 3.63) is 71.3 Å². The normalized spacial score (nSPS) is 12.3. The number of hydrogen-bond donors (Lipinski definition) is 1. The van der Waals surface area contributed by atoms with Gasteiger partial charge in [-0.15, -0.1) is 0 Å². The summed E-state index contributed by atoms with van der Waals surface area (Å²) in [6.45, 7) is 1.67. The minimum Gasteiger partial charge on any atom is -0.449 e. The second-order valence-electron chi connectivity index (χ2n) is 5.33. The van der Waals surface area contributed by atoms with E-state index >= 15 is 0 Å². The van der Waals surface area contributed by atoms with Crippen molar-refractivity contribution in [3.8, 4) is 0 Å². The number of rotatable bonds is 5. The summed E-state index contributed by atoms with van der Waals surface area (Å²) in [7, 11) is 0. The minimum atomic E-state index is -4.48. The molecule has 0 spiro atoms. The summed E-state index contributed by atoms with van der Waals surface area (Å²) < 4.78 is 42.5. The fourth-order valence-electron chi connectivity index (χ4n) is 2.01. The number of benzene rings is 2. The van der Waals surface area contributed by atoms with Gasteiger partial charge in [-0.05, 0) is 36.8 Å². The standard InChI is InChI=1S/C18H16F3NO3/c1-12(16(23)22-11-13-5-3-2-4-6-13)25-17(24)14-7-9-15(10-8-14)18(19,20)21/h2-10,12H,11H2,1H3,(H,22,23)/t12-/m1/s1. The third-order valence-corrected chi connectivity index (χ3v) is 3.41. The highest BCUT2D eigenvalue weighted by Crippen LogP contribution is 2.29. The molecular weight excluding hydrogens is 335 g/mol. The first-order chi connectivity index (χ1) is 11.8. The number of amides is 1. The van der Waals surface area contributed by atoms with E-state index in [-0.39, 0.29) is 12.1 Å². The molecule has 0 heterocycles. The maximum atomic E-state index is 12.5. The van der Waals surface area contributed by atoms with Gasteiger partial charge < -0.3 is 10.1 Å². The second kappa shape index (κ2) is 7.83. The summed E-state index contributed by atoms with van der Waals surface area (Å²) in [6.07, 6.45) is -5.55. The Morgan fingerprint density at radius 3 is 2.20 bits per heavy atom. The maximum Gasteiger partial charge on any atom is 0.416 e. The fraction of sp³-hybridized carbons (Fsp3) is 0.222. The van der Waals surface area contributed by atoms with Crippen molar-refractivity contribution in [1.29, 1.82) is 0 Å². The molecule has 4 nitrogen and oxygen atoms in total. The molecule has 0 fully saturated rings. The number of carbonyl (C=O) groups is 2. The fourth-order valence-corrected chi connectivity index (χ4v) is 2.01. The first-order valence-electron chi connectivity index (χ1n) is 7.47. The van der Waals surface area contributed by atoms with Gasteiger partial charge in [0.15, 0.2) is 6.10 Å². The molecule has 0 unspecified atom stereocenters. The van der Waals surface area contributed by atoms with Crippen molar-refractivity contribution in [2.24, 2.45) is 0 Å². The molecule has 0 aliphatic rings. The van der Waals surface area contributed by atoms with E-state index in [1.54, 1.807) is 0 Å². The molecule has 2 aromatic carbocycles. The lowest BCUT2D eigenvalue weighted by atomic mass is 10.1. The zero-order valence-electron chi connectivity index (χ0n) is 13.3. The van der Waals surface area contributed by atoms with Crippen molar-refractivity contribution < 1.29 is 27.5 Å². The highest BCUT2D eigenvalue weighted by molar-refractivity contribution is 5.92. The van der Waals surface area contributed by atoms with E-state index in [4.69, 9.17) is 4.74 Å². The van der Waals surface area contributed by atoms with E-state index in [1.807, 2.05) is 30.3 Å². The molecule has 25 heavy (non-hydrogen) atoms. The molecule has 0 aromatic heterocycles. The second-order valence-corrected chi connectivity index (χ2v) is 5.33. The van der Waals surface area contributed by atoms with E-state index in [9.17, 15) is 22.8 Å². The molecule has 1 atom stereocenters. The molecular formula is C18H16F3NO3. The lowest BCUT2D eigenvalue weighted by molar-refractivity contribution is -0.137. The first kappa shape index (κ1) is 18.5. The lowest BCUT2D eigenvalue weighted by Crippen LogP contribution is -2.35. The molecule has 0 saturated heterocycles. The summed E-state index contributed by atoms with van der Waals surface area (Å²) in [5.74, 6) is -1.36. The summed E-state index contributed by atoms with van der Waals surface area (Å²) in [5, 5.41) is 2.62. The Bertz CT molecular complexity index is 727. The molecule has 2 aromatic rings. The molecule has 0 bridgehead atoms. The smallest absolute Gasteiger partial charge is 0.416 e. The van der Waals surface area contributed by atoms with Crippen LogP contribution in [-0.4, -0.2) is 18.0 Å². The SMILES string of the molecule is C[C@@H](OC(=O)c1ccc(C(F)(F)F)cc1)C(=O)NCc1ccccc1. The van der Waals surface area contributed by atoms with Crippen molar-refractivity contribution >= 4 is 11.9 Å². The van der Waals surface area contributed by atoms with Crippen LogP contribution in [0, 0.1) is 0 Å². The molecule has 0 aliphatic heterocycles. The van der Waals surface area contributed by atoms with Gasteiger partial charge in [-0.2, -0.15) is 13.2 Å². The number of ether oxygens (including phenoxy) is 1. The topological polar surface area (TPSA) is 55.4 Å². The lowest BCUT2D eigenvalue weighted by Gasteiger charge is -2.14. The van der Waals surface area contributed by atoms with Crippen LogP contribution in [-0.2, 0) is 22.3 Å². The Morgan fingerprint density at radius 1 is 1.04 bits per heavy atom. The monoisotopic (exact) mass is 351 g/mol. The Morgan fingerprint density at radius 2 is 1.64 bits per heavy atom. The van der Waals surface area contributed by atoms with Crippen LogP contribution in [0.2, 0.25) is 0 Å². The van der Waals surface area contributed by atoms with Crippen LogP contribution in [0.1, 0.15) is 28.4 Å². The van der Waals surface area contributed by atoms with Gasteiger partial charge in [0.05, 0.1) is 11.1 Å². The molecule has 0 saturated carbocycles. The molecule has 1 N–H and O–H groups in total. The van der Waals surface area contributed by atoms with E-state index < -0.39 is 29.7 Å². The average molecular weight is 351 g/mol. The van der Waals surface area contributed by atoms with Crippen LogP contribution in [0.3, 0.4) is 0 Å². The zero-order valence-corrected chi connectivity index (χ0v) is 13.3. The Kier molecular flexibility index (Phi) is 5.80. The van der Waals surface area contributed by atoms with Crippen LogP contribution >= 0.6 is 0 Å².